The average Bonchev–Trinajstić information content (AvgIpc) is 3.44. The lowest BCUT2D eigenvalue weighted by molar-refractivity contribution is -0.131. The van der Waals surface area contributed by atoms with Gasteiger partial charge in [0.1, 0.15) is 6.04 Å². The van der Waals surface area contributed by atoms with Crippen molar-refractivity contribution < 1.29 is 14.4 Å². The first kappa shape index (κ1) is 31.0. The van der Waals surface area contributed by atoms with Gasteiger partial charge in [-0.25, -0.2) is 0 Å². The van der Waals surface area contributed by atoms with Gasteiger partial charge in [-0.2, -0.15) is 10.5 Å². The molecular formula is C35H41N9O3. The molecule has 0 bridgehead atoms. The van der Waals surface area contributed by atoms with Crippen molar-refractivity contribution in [1.29, 1.82) is 5.26 Å². The lowest BCUT2D eigenvalue weighted by Gasteiger charge is -2.49. The van der Waals surface area contributed by atoms with Crippen molar-refractivity contribution in [3.05, 3.63) is 75.6 Å². The fraction of sp³-hybridized carbons (Fsp3) is 0.514. The third kappa shape index (κ3) is 5.36. The zero-order chi connectivity index (χ0) is 32.8. The molecule has 12 nitrogen and oxygen atoms in total. The maximum absolute atomic E-state index is 13.6. The van der Waals surface area contributed by atoms with E-state index >= 15 is 0 Å². The number of piperidine rings is 1. The van der Waals surface area contributed by atoms with E-state index in [1.165, 1.54) is 0 Å². The maximum atomic E-state index is 13.6. The Morgan fingerprint density at radius 1 is 0.979 bits per heavy atom. The quantitative estimate of drug-likeness (QED) is 0.264. The molecule has 4 N–H and O–H groups in total. The average molecular weight is 636 g/mol. The van der Waals surface area contributed by atoms with Crippen LogP contribution < -0.4 is 16.0 Å². The fourth-order valence-electron chi connectivity index (χ4n) is 8.32. The minimum Gasteiger partial charge on any atom is -0.352 e. The molecule has 47 heavy (non-hydrogen) atoms. The summed E-state index contributed by atoms with van der Waals surface area (Å²) in [6.45, 7) is 4.99. The molecule has 2 aromatic carbocycles. The topological polar surface area (TPSA) is 169 Å². The van der Waals surface area contributed by atoms with Crippen LogP contribution in [0.1, 0.15) is 101 Å². The minimum absolute atomic E-state index is 0.0266. The number of nitrogens with one attached hydrogen (secondary N) is 4. The molecule has 1 unspecified atom stereocenters. The third-order valence-corrected chi connectivity index (χ3v) is 10.8. The second-order valence-corrected chi connectivity index (χ2v) is 13.5. The SMILES string of the molecule is CCNC(=O)c1ccc2c(c1)CCc1cc(C(=O)NCC)ccc1C2(CC1(NCC(=O)N2C(C#N)C[C@@H]3C[C@@H]32)CCC1)c1nn[nH]n1. The van der Waals surface area contributed by atoms with E-state index in [9.17, 15) is 19.6 Å². The van der Waals surface area contributed by atoms with E-state index in [2.05, 4.69) is 42.6 Å². The van der Waals surface area contributed by atoms with E-state index in [4.69, 9.17) is 0 Å². The second-order valence-electron chi connectivity index (χ2n) is 13.5. The van der Waals surface area contributed by atoms with Crippen LogP contribution in [0.5, 0.6) is 0 Å². The van der Waals surface area contributed by atoms with E-state index in [1.807, 2.05) is 50.2 Å². The van der Waals surface area contributed by atoms with Gasteiger partial charge in [0.25, 0.3) is 11.8 Å². The molecule has 0 spiro atoms. The summed E-state index contributed by atoms with van der Waals surface area (Å²) in [5.74, 6) is 0.665. The number of benzene rings is 2. The molecule has 3 amide bonds. The Morgan fingerprint density at radius 2 is 1.62 bits per heavy atom. The Hall–Kier alpha value is -4.63. The predicted octanol–water partition coefficient (Wildman–Crippen LogP) is 2.55. The normalized spacial score (nSPS) is 22.8. The Kier molecular flexibility index (Phi) is 8.04. The van der Waals surface area contributed by atoms with Crippen molar-refractivity contribution in [2.24, 2.45) is 5.92 Å². The summed E-state index contributed by atoms with van der Waals surface area (Å²) >= 11 is 0. The molecule has 7 rings (SSSR count). The molecular weight excluding hydrogens is 594 g/mol. The van der Waals surface area contributed by atoms with Crippen LogP contribution >= 0.6 is 0 Å². The number of amides is 3. The van der Waals surface area contributed by atoms with Gasteiger partial charge in [0.15, 0.2) is 5.82 Å². The Labute approximate surface area is 274 Å². The predicted molar refractivity (Wildman–Crippen MR) is 172 cm³/mol. The summed E-state index contributed by atoms with van der Waals surface area (Å²) in [5, 5.41) is 35.2. The standard InChI is InChI=1S/C35H41N9O3/c1-3-37-31(46)23-8-10-27-21(14-23)6-7-22-15-24(32(47)38-4-2)9-11-28(22)35(27,33-40-42-43-41-33)20-34(12-5-13-34)39-19-30(45)44-26(18-36)16-25-17-29(25)44/h8-11,14-15,25-26,29,39H,3-7,12-13,16-17,19-20H2,1-2H3,(H,37,46)(H,38,47)(H,40,41,42,43)/t25-,26?,29+/m1/s1. The maximum Gasteiger partial charge on any atom is 0.251 e. The first-order valence-corrected chi connectivity index (χ1v) is 16.9. The highest BCUT2D eigenvalue weighted by atomic mass is 16.2. The van der Waals surface area contributed by atoms with Gasteiger partial charge in [0, 0.05) is 35.8 Å². The number of H-pyrrole nitrogens is 1. The van der Waals surface area contributed by atoms with E-state index in [0.29, 0.717) is 55.2 Å². The number of likely N-dealkylation sites (tertiary alicyclic amines) is 1. The number of nitriles is 1. The van der Waals surface area contributed by atoms with Gasteiger partial charge in [-0.15, -0.1) is 10.2 Å². The van der Waals surface area contributed by atoms with Crippen molar-refractivity contribution >= 4 is 17.7 Å². The zero-order valence-electron chi connectivity index (χ0n) is 26.9. The van der Waals surface area contributed by atoms with E-state index in [-0.39, 0.29) is 36.3 Å². The van der Waals surface area contributed by atoms with Gasteiger partial charge in [-0.05, 0) is 118 Å². The third-order valence-electron chi connectivity index (χ3n) is 10.8. The number of aromatic nitrogens is 4. The minimum atomic E-state index is -0.894. The summed E-state index contributed by atoms with van der Waals surface area (Å²) in [7, 11) is 0. The van der Waals surface area contributed by atoms with Crippen molar-refractivity contribution in [3.8, 4) is 6.07 Å². The highest BCUT2D eigenvalue weighted by Gasteiger charge is 2.55. The largest absolute Gasteiger partial charge is 0.352 e. The van der Waals surface area contributed by atoms with Gasteiger partial charge < -0.3 is 20.9 Å². The summed E-state index contributed by atoms with van der Waals surface area (Å²) in [6, 6.07) is 13.9. The van der Waals surface area contributed by atoms with Gasteiger partial charge >= 0.3 is 0 Å². The van der Waals surface area contributed by atoms with Crippen LogP contribution in [-0.4, -0.2) is 80.5 Å². The van der Waals surface area contributed by atoms with Crippen molar-refractivity contribution in [3.63, 3.8) is 0 Å². The van der Waals surface area contributed by atoms with Crippen LogP contribution in [-0.2, 0) is 23.1 Å². The fourth-order valence-corrected chi connectivity index (χ4v) is 8.32. The number of carbonyl (C=O) groups excluding carboxylic acids is 3. The number of carbonyl (C=O) groups is 3. The lowest BCUT2D eigenvalue weighted by atomic mass is 9.60. The number of fused-ring (bicyclic) bond motifs is 3. The molecule has 3 aliphatic carbocycles. The van der Waals surface area contributed by atoms with E-state index in [0.717, 1.165) is 54.4 Å². The number of nitrogens with zero attached hydrogens (tertiary/aromatic N) is 5. The van der Waals surface area contributed by atoms with Gasteiger partial charge in [-0.1, -0.05) is 17.3 Å². The lowest BCUT2D eigenvalue weighted by Crippen LogP contribution is -2.58. The summed E-state index contributed by atoms with van der Waals surface area (Å²) in [5.41, 5.74) is 3.84. The molecule has 3 aromatic rings. The summed E-state index contributed by atoms with van der Waals surface area (Å²) < 4.78 is 0. The molecule has 2 saturated carbocycles. The van der Waals surface area contributed by atoms with E-state index < -0.39 is 11.0 Å². The number of aromatic amines is 1. The van der Waals surface area contributed by atoms with Crippen LogP contribution in [0.3, 0.4) is 0 Å². The van der Waals surface area contributed by atoms with Crippen LogP contribution in [0.15, 0.2) is 36.4 Å². The van der Waals surface area contributed by atoms with Crippen molar-refractivity contribution in [2.75, 3.05) is 19.6 Å². The highest BCUT2D eigenvalue weighted by molar-refractivity contribution is 5.95. The van der Waals surface area contributed by atoms with Crippen LogP contribution in [0.2, 0.25) is 0 Å². The monoisotopic (exact) mass is 635 g/mol. The Morgan fingerprint density at radius 3 is 2.13 bits per heavy atom. The summed E-state index contributed by atoms with van der Waals surface area (Å²) in [4.78, 5) is 41.3. The number of rotatable bonds is 10. The first-order chi connectivity index (χ1) is 22.8. The molecule has 2 heterocycles. The number of aryl methyl sites for hydroxylation is 2. The Balaban J connectivity index is 1.32. The number of tetrazole rings is 1. The second kappa shape index (κ2) is 12.2. The van der Waals surface area contributed by atoms with Gasteiger partial charge in [0.2, 0.25) is 5.91 Å². The Bertz CT molecular complexity index is 1670. The first-order valence-electron chi connectivity index (χ1n) is 16.9. The number of hydrogen-bond acceptors (Lipinski definition) is 8. The zero-order valence-corrected chi connectivity index (χ0v) is 26.9. The van der Waals surface area contributed by atoms with Crippen LogP contribution in [0.4, 0.5) is 0 Å². The van der Waals surface area contributed by atoms with Crippen LogP contribution in [0, 0.1) is 17.2 Å². The molecule has 244 valence electrons. The van der Waals surface area contributed by atoms with Crippen molar-refractivity contribution in [1.82, 2.24) is 41.5 Å². The molecule has 12 heteroatoms. The molecule has 0 radical (unpaired) electrons. The van der Waals surface area contributed by atoms with Crippen LogP contribution in [0.25, 0.3) is 0 Å². The van der Waals surface area contributed by atoms with E-state index in [1.54, 1.807) is 4.90 Å². The molecule has 1 aromatic heterocycles. The van der Waals surface area contributed by atoms with Crippen molar-refractivity contribution in [2.45, 2.75) is 88.3 Å². The number of hydrogen-bond donors (Lipinski definition) is 4. The smallest absolute Gasteiger partial charge is 0.251 e. The van der Waals surface area contributed by atoms with Gasteiger partial charge in [0.05, 0.1) is 18.0 Å². The molecule has 3 fully saturated rings. The highest BCUT2D eigenvalue weighted by Crippen LogP contribution is 2.52. The molecule has 1 aliphatic heterocycles. The molecule has 1 saturated heterocycles. The molecule has 3 atom stereocenters. The summed E-state index contributed by atoms with van der Waals surface area (Å²) in [6.07, 6.45) is 6.31. The van der Waals surface area contributed by atoms with Gasteiger partial charge in [-0.3, -0.25) is 14.4 Å². The molecule has 4 aliphatic rings.